The Morgan fingerprint density at radius 2 is 1.67 bits per heavy atom. The number of hydrogen-bond donors (Lipinski definition) is 1. The van der Waals surface area contributed by atoms with E-state index < -0.39 is 0 Å². The van der Waals surface area contributed by atoms with Crippen molar-refractivity contribution >= 4 is 11.6 Å². The van der Waals surface area contributed by atoms with E-state index in [-0.39, 0.29) is 0 Å². The topological polar surface area (TPSA) is 50.5 Å². The molecule has 33 heavy (non-hydrogen) atoms. The predicted octanol–water partition coefficient (Wildman–Crippen LogP) is 5.74. The van der Waals surface area contributed by atoms with Crippen LogP contribution in [0.2, 0.25) is 5.02 Å². The summed E-state index contributed by atoms with van der Waals surface area (Å²) in [6, 6.07) is 20.4. The lowest BCUT2D eigenvalue weighted by atomic mass is 10.0. The molecule has 0 spiro atoms. The highest BCUT2D eigenvalue weighted by atomic mass is 35.5. The second kappa shape index (κ2) is 9.79. The molecule has 1 aliphatic rings. The van der Waals surface area contributed by atoms with Crippen LogP contribution in [0.1, 0.15) is 5.56 Å². The lowest BCUT2D eigenvalue weighted by Crippen LogP contribution is -2.42. The van der Waals surface area contributed by atoms with E-state index in [4.69, 9.17) is 20.8 Å². The van der Waals surface area contributed by atoms with Gasteiger partial charge in [0.15, 0.2) is 0 Å². The average Bonchev–Trinajstić information content (AvgIpc) is 3.31. The number of halogens is 1. The number of rotatable bonds is 6. The summed E-state index contributed by atoms with van der Waals surface area (Å²) < 4.78 is 11.7. The molecule has 1 N–H and O–H groups in total. The minimum atomic E-state index is 0.547. The van der Waals surface area contributed by atoms with Crippen molar-refractivity contribution in [3.63, 3.8) is 0 Å². The van der Waals surface area contributed by atoms with Crippen molar-refractivity contribution in [1.29, 1.82) is 0 Å². The van der Waals surface area contributed by atoms with Crippen molar-refractivity contribution in [2.24, 2.45) is 0 Å². The maximum Gasteiger partial charge on any atom is 0.142 e. The monoisotopic (exact) mass is 459 g/mol. The number of aromatic nitrogens is 1. The molecule has 1 aliphatic heterocycles. The minimum absolute atomic E-state index is 0.547. The maximum absolute atomic E-state index is 6.42. The van der Waals surface area contributed by atoms with Gasteiger partial charge in [-0.2, -0.15) is 0 Å². The first-order valence-electron chi connectivity index (χ1n) is 11.1. The third-order valence-electron chi connectivity index (χ3n) is 5.99. The smallest absolute Gasteiger partial charge is 0.142 e. The van der Waals surface area contributed by atoms with Gasteiger partial charge in [0.1, 0.15) is 17.3 Å². The Morgan fingerprint density at radius 3 is 2.36 bits per heavy atom. The number of piperazine rings is 1. The van der Waals surface area contributed by atoms with Crippen LogP contribution in [0.3, 0.4) is 0 Å². The fraction of sp³-hybridized carbons (Fsp3) is 0.222. The molecule has 0 unspecified atom stereocenters. The highest BCUT2D eigenvalue weighted by molar-refractivity contribution is 6.32. The third-order valence-corrected chi connectivity index (χ3v) is 6.29. The molecule has 0 atom stereocenters. The molecule has 0 radical (unpaired) electrons. The van der Waals surface area contributed by atoms with Crippen LogP contribution >= 0.6 is 11.6 Å². The van der Waals surface area contributed by atoms with Crippen molar-refractivity contribution in [3.05, 3.63) is 83.6 Å². The van der Waals surface area contributed by atoms with E-state index >= 15 is 0 Å². The SMILES string of the molecule is COc1ccc(-c2oc(-c3ccc(CN4CCNCC4)cc3)cc2-c2ccncc2)cc1Cl. The zero-order valence-corrected chi connectivity index (χ0v) is 19.3. The van der Waals surface area contributed by atoms with E-state index in [0.717, 1.165) is 66.5 Å². The van der Waals surface area contributed by atoms with E-state index in [1.165, 1.54) is 5.56 Å². The molecule has 0 bridgehead atoms. The molecule has 1 fully saturated rings. The fourth-order valence-corrected chi connectivity index (χ4v) is 4.46. The van der Waals surface area contributed by atoms with E-state index in [2.05, 4.69) is 45.5 Å². The third kappa shape index (κ3) is 4.81. The summed E-state index contributed by atoms with van der Waals surface area (Å²) in [7, 11) is 1.61. The molecule has 168 valence electrons. The zero-order valence-electron chi connectivity index (χ0n) is 18.6. The molecule has 5 nitrogen and oxygen atoms in total. The summed E-state index contributed by atoms with van der Waals surface area (Å²) in [5, 5.41) is 3.95. The van der Waals surface area contributed by atoms with Crippen molar-refractivity contribution in [2.45, 2.75) is 6.54 Å². The van der Waals surface area contributed by atoms with Crippen LogP contribution in [0.25, 0.3) is 33.8 Å². The molecular formula is C27H26ClN3O2. The molecule has 0 saturated carbocycles. The van der Waals surface area contributed by atoms with Gasteiger partial charge in [-0.1, -0.05) is 35.9 Å². The minimum Gasteiger partial charge on any atom is -0.495 e. The Hall–Kier alpha value is -3.12. The van der Waals surface area contributed by atoms with Gasteiger partial charge in [0, 0.05) is 61.8 Å². The van der Waals surface area contributed by atoms with Gasteiger partial charge < -0.3 is 14.5 Å². The second-order valence-corrected chi connectivity index (χ2v) is 8.57. The molecule has 2 aromatic carbocycles. The largest absolute Gasteiger partial charge is 0.495 e. The van der Waals surface area contributed by atoms with Gasteiger partial charge in [0.2, 0.25) is 0 Å². The number of furan rings is 1. The van der Waals surface area contributed by atoms with Crippen molar-refractivity contribution in [1.82, 2.24) is 15.2 Å². The fourth-order valence-electron chi connectivity index (χ4n) is 4.20. The van der Waals surface area contributed by atoms with Gasteiger partial charge in [-0.25, -0.2) is 0 Å². The van der Waals surface area contributed by atoms with E-state index in [1.807, 2.05) is 30.3 Å². The van der Waals surface area contributed by atoms with Crippen molar-refractivity contribution in [3.8, 4) is 39.5 Å². The lowest BCUT2D eigenvalue weighted by Gasteiger charge is -2.27. The number of hydrogen-bond acceptors (Lipinski definition) is 5. The van der Waals surface area contributed by atoms with Crippen molar-refractivity contribution in [2.75, 3.05) is 33.3 Å². The van der Waals surface area contributed by atoms with Crippen LogP contribution in [0.5, 0.6) is 5.75 Å². The average molecular weight is 460 g/mol. The normalized spacial score (nSPS) is 14.4. The summed E-state index contributed by atoms with van der Waals surface area (Å²) in [5.41, 5.74) is 5.29. The number of methoxy groups -OCH3 is 1. The van der Waals surface area contributed by atoms with Crippen LogP contribution in [0, 0.1) is 0 Å². The molecule has 0 aliphatic carbocycles. The Morgan fingerprint density at radius 1 is 0.939 bits per heavy atom. The van der Waals surface area contributed by atoms with Gasteiger partial charge in [-0.05, 0) is 47.5 Å². The molecule has 1 saturated heterocycles. The number of benzene rings is 2. The Labute approximate surface area is 199 Å². The van der Waals surface area contributed by atoms with E-state index in [0.29, 0.717) is 10.8 Å². The van der Waals surface area contributed by atoms with E-state index in [1.54, 1.807) is 19.5 Å². The first-order valence-corrected chi connectivity index (χ1v) is 11.5. The molecule has 6 heteroatoms. The summed E-state index contributed by atoms with van der Waals surface area (Å²) in [6.45, 7) is 5.25. The van der Waals surface area contributed by atoms with Crippen LogP contribution < -0.4 is 10.1 Å². The van der Waals surface area contributed by atoms with Crippen LogP contribution in [0.4, 0.5) is 0 Å². The predicted molar refractivity (Wildman–Crippen MR) is 133 cm³/mol. The lowest BCUT2D eigenvalue weighted by molar-refractivity contribution is 0.233. The Balaban J connectivity index is 1.49. The van der Waals surface area contributed by atoms with Gasteiger partial charge in [-0.15, -0.1) is 0 Å². The summed E-state index contributed by atoms with van der Waals surface area (Å²) in [6.07, 6.45) is 3.58. The molecule has 5 rings (SSSR count). The first kappa shape index (κ1) is 21.7. The highest BCUT2D eigenvalue weighted by Gasteiger charge is 2.18. The number of pyridine rings is 1. The Kier molecular flexibility index (Phi) is 6.44. The van der Waals surface area contributed by atoms with Crippen molar-refractivity contribution < 1.29 is 9.15 Å². The second-order valence-electron chi connectivity index (χ2n) is 8.16. The van der Waals surface area contributed by atoms with Gasteiger partial charge in [0.25, 0.3) is 0 Å². The quantitative estimate of drug-likeness (QED) is 0.398. The van der Waals surface area contributed by atoms with Gasteiger partial charge >= 0.3 is 0 Å². The number of nitrogens with one attached hydrogen (secondary N) is 1. The van der Waals surface area contributed by atoms with Gasteiger partial charge in [0.05, 0.1) is 12.1 Å². The molecule has 2 aromatic heterocycles. The standard InChI is InChI=1S/C27H26ClN3O2/c1-32-25-7-6-22(16-24(25)28)27-23(20-8-10-29-11-9-20)17-26(33-27)21-4-2-19(3-5-21)18-31-14-12-30-13-15-31/h2-11,16-17,30H,12-15,18H2,1H3. The summed E-state index contributed by atoms with van der Waals surface area (Å²) in [5.74, 6) is 2.22. The molecular weight excluding hydrogens is 434 g/mol. The molecule has 4 aromatic rings. The van der Waals surface area contributed by atoms with Crippen LogP contribution in [0.15, 0.2) is 77.5 Å². The van der Waals surface area contributed by atoms with Crippen LogP contribution in [-0.2, 0) is 6.54 Å². The zero-order chi connectivity index (χ0) is 22.6. The van der Waals surface area contributed by atoms with Gasteiger partial charge in [-0.3, -0.25) is 9.88 Å². The van der Waals surface area contributed by atoms with E-state index in [9.17, 15) is 0 Å². The highest BCUT2D eigenvalue weighted by Crippen LogP contribution is 2.40. The molecule has 0 amide bonds. The maximum atomic E-state index is 6.42. The first-order chi connectivity index (χ1) is 16.2. The summed E-state index contributed by atoms with van der Waals surface area (Å²) >= 11 is 6.41. The molecule has 3 heterocycles. The number of ether oxygens (including phenoxy) is 1. The summed E-state index contributed by atoms with van der Waals surface area (Å²) in [4.78, 5) is 6.63. The number of nitrogens with zero attached hydrogens (tertiary/aromatic N) is 2. The van der Waals surface area contributed by atoms with Crippen LogP contribution in [-0.4, -0.2) is 43.2 Å². The Bertz CT molecular complexity index is 1220.